The Balaban J connectivity index is 2.04. The molecule has 7 nitrogen and oxygen atoms in total. The number of benzene rings is 3. The van der Waals surface area contributed by atoms with Crippen LogP contribution in [0.5, 0.6) is 0 Å². The monoisotopic (exact) mass is 613 g/mol. The standard InChI is InChI=1S/C30H36BrN3O4S/c1-4-5-18-32-30(36)28(20-24-13-7-6-8-14-24)33(21-25-15-11-12-23(2)19-25)29(35)22-34(39(3,37)38)27-17-10-9-16-26(27)31/h6-17,19,28H,4-5,18,20-22H2,1-3H3,(H,32,36)/t28-/m0/s1. The summed E-state index contributed by atoms with van der Waals surface area (Å²) >= 11 is 3.41. The van der Waals surface area contributed by atoms with E-state index in [2.05, 4.69) is 21.2 Å². The van der Waals surface area contributed by atoms with Gasteiger partial charge in [0.1, 0.15) is 12.6 Å². The van der Waals surface area contributed by atoms with E-state index in [1.54, 1.807) is 24.3 Å². The first-order valence-corrected chi connectivity index (χ1v) is 15.6. The molecule has 0 spiro atoms. The molecule has 0 saturated heterocycles. The van der Waals surface area contributed by atoms with E-state index in [-0.39, 0.29) is 12.5 Å². The van der Waals surface area contributed by atoms with Gasteiger partial charge in [-0.15, -0.1) is 0 Å². The minimum Gasteiger partial charge on any atom is -0.354 e. The van der Waals surface area contributed by atoms with Crippen LogP contribution in [-0.2, 0) is 32.6 Å². The fraction of sp³-hybridized carbons (Fsp3) is 0.333. The van der Waals surface area contributed by atoms with Gasteiger partial charge in [-0.05, 0) is 52.5 Å². The quantitative estimate of drug-likeness (QED) is 0.272. The lowest BCUT2D eigenvalue weighted by Crippen LogP contribution is -2.53. The number of unbranched alkanes of at least 4 members (excludes halogenated alkanes) is 1. The number of sulfonamides is 1. The Morgan fingerprint density at radius 1 is 0.949 bits per heavy atom. The van der Waals surface area contributed by atoms with Crippen LogP contribution < -0.4 is 9.62 Å². The maximum atomic E-state index is 14.1. The van der Waals surface area contributed by atoms with E-state index in [4.69, 9.17) is 0 Å². The number of carbonyl (C=O) groups is 2. The fourth-order valence-electron chi connectivity index (χ4n) is 4.32. The Labute approximate surface area is 240 Å². The number of aryl methyl sites for hydroxylation is 1. The van der Waals surface area contributed by atoms with Crippen molar-refractivity contribution in [2.24, 2.45) is 0 Å². The van der Waals surface area contributed by atoms with Gasteiger partial charge in [0, 0.05) is 24.0 Å². The molecule has 208 valence electrons. The van der Waals surface area contributed by atoms with Gasteiger partial charge in [-0.3, -0.25) is 13.9 Å². The summed E-state index contributed by atoms with van der Waals surface area (Å²) in [5.74, 6) is -0.732. The van der Waals surface area contributed by atoms with Crippen molar-refractivity contribution in [2.45, 2.75) is 45.7 Å². The number of nitrogens with one attached hydrogen (secondary N) is 1. The van der Waals surface area contributed by atoms with Gasteiger partial charge >= 0.3 is 0 Å². The largest absolute Gasteiger partial charge is 0.354 e. The summed E-state index contributed by atoms with van der Waals surface area (Å²) in [5, 5.41) is 2.99. The van der Waals surface area contributed by atoms with Crippen LogP contribution in [0.4, 0.5) is 5.69 Å². The van der Waals surface area contributed by atoms with Gasteiger partial charge in [-0.2, -0.15) is 0 Å². The number of nitrogens with zero attached hydrogens (tertiary/aromatic N) is 2. The van der Waals surface area contributed by atoms with Crippen LogP contribution in [0.2, 0.25) is 0 Å². The van der Waals surface area contributed by atoms with E-state index in [9.17, 15) is 18.0 Å². The van der Waals surface area contributed by atoms with Gasteiger partial charge in [0.2, 0.25) is 21.8 Å². The highest BCUT2D eigenvalue weighted by molar-refractivity contribution is 9.10. The molecular formula is C30H36BrN3O4S. The van der Waals surface area contributed by atoms with Crippen LogP contribution in [0.25, 0.3) is 0 Å². The van der Waals surface area contributed by atoms with Gasteiger partial charge in [0.25, 0.3) is 0 Å². The van der Waals surface area contributed by atoms with Crippen LogP contribution in [0.3, 0.4) is 0 Å². The highest BCUT2D eigenvalue weighted by Gasteiger charge is 2.33. The molecule has 0 unspecified atom stereocenters. The lowest BCUT2D eigenvalue weighted by Gasteiger charge is -2.33. The summed E-state index contributed by atoms with van der Waals surface area (Å²) in [6, 6.07) is 23.3. The van der Waals surface area contributed by atoms with Crippen molar-refractivity contribution in [3.8, 4) is 0 Å². The zero-order chi connectivity index (χ0) is 28.4. The molecule has 3 aromatic carbocycles. The van der Waals surface area contributed by atoms with E-state index in [0.29, 0.717) is 23.1 Å². The number of para-hydroxylation sites is 1. The third-order valence-corrected chi connectivity index (χ3v) is 8.13. The Hall–Kier alpha value is -3.17. The predicted molar refractivity (Wildman–Crippen MR) is 160 cm³/mol. The zero-order valence-electron chi connectivity index (χ0n) is 22.6. The minimum atomic E-state index is -3.82. The Kier molecular flexibility index (Phi) is 11.1. The second-order valence-corrected chi connectivity index (χ2v) is 12.3. The molecule has 1 N–H and O–H groups in total. The molecule has 2 amide bonds. The molecule has 0 saturated carbocycles. The zero-order valence-corrected chi connectivity index (χ0v) is 25.0. The Morgan fingerprint density at radius 2 is 1.62 bits per heavy atom. The average Bonchev–Trinajstić information content (AvgIpc) is 2.90. The summed E-state index contributed by atoms with van der Waals surface area (Å²) in [5.41, 5.74) is 3.14. The first kappa shape index (κ1) is 30.4. The highest BCUT2D eigenvalue weighted by Crippen LogP contribution is 2.28. The molecule has 39 heavy (non-hydrogen) atoms. The molecule has 0 aliphatic carbocycles. The van der Waals surface area contributed by atoms with Gasteiger partial charge in [0.15, 0.2) is 0 Å². The number of carbonyl (C=O) groups excluding carboxylic acids is 2. The first-order valence-electron chi connectivity index (χ1n) is 13.0. The van der Waals surface area contributed by atoms with E-state index >= 15 is 0 Å². The third-order valence-electron chi connectivity index (χ3n) is 6.34. The topological polar surface area (TPSA) is 86.8 Å². The van der Waals surface area contributed by atoms with Crippen molar-refractivity contribution in [2.75, 3.05) is 23.7 Å². The number of anilines is 1. The van der Waals surface area contributed by atoms with E-state index in [1.165, 1.54) is 4.90 Å². The molecule has 0 aliphatic heterocycles. The predicted octanol–water partition coefficient (Wildman–Crippen LogP) is 5.08. The van der Waals surface area contributed by atoms with Crippen LogP contribution in [-0.4, -0.2) is 50.5 Å². The van der Waals surface area contributed by atoms with Gasteiger partial charge < -0.3 is 10.2 Å². The number of hydrogen-bond acceptors (Lipinski definition) is 4. The molecule has 1 atom stereocenters. The van der Waals surface area contributed by atoms with Crippen LogP contribution >= 0.6 is 15.9 Å². The molecule has 0 bridgehead atoms. The fourth-order valence-corrected chi connectivity index (χ4v) is 5.79. The van der Waals surface area contributed by atoms with Crippen LogP contribution in [0.15, 0.2) is 83.3 Å². The van der Waals surface area contributed by atoms with Crippen molar-refractivity contribution >= 4 is 43.5 Å². The lowest BCUT2D eigenvalue weighted by molar-refractivity contribution is -0.140. The highest BCUT2D eigenvalue weighted by atomic mass is 79.9. The summed E-state index contributed by atoms with van der Waals surface area (Å²) in [6.45, 7) is 4.22. The number of halogens is 1. The summed E-state index contributed by atoms with van der Waals surface area (Å²) in [7, 11) is -3.82. The second-order valence-electron chi connectivity index (χ2n) is 9.58. The van der Waals surface area contributed by atoms with Crippen molar-refractivity contribution in [3.63, 3.8) is 0 Å². The minimum absolute atomic E-state index is 0.159. The van der Waals surface area contributed by atoms with Crippen molar-refractivity contribution in [1.29, 1.82) is 0 Å². The molecule has 0 aromatic heterocycles. The maximum Gasteiger partial charge on any atom is 0.244 e. The molecule has 3 aromatic rings. The number of amides is 2. The Morgan fingerprint density at radius 3 is 2.26 bits per heavy atom. The van der Waals surface area contributed by atoms with Crippen molar-refractivity contribution in [1.82, 2.24) is 10.2 Å². The summed E-state index contributed by atoms with van der Waals surface area (Å²) < 4.78 is 27.4. The molecule has 0 radical (unpaired) electrons. The Bertz CT molecular complexity index is 1370. The van der Waals surface area contributed by atoms with Crippen molar-refractivity contribution < 1.29 is 18.0 Å². The van der Waals surface area contributed by atoms with Crippen LogP contribution in [0, 0.1) is 6.92 Å². The molecule has 0 heterocycles. The smallest absolute Gasteiger partial charge is 0.244 e. The maximum absolute atomic E-state index is 14.1. The van der Waals surface area contributed by atoms with Gasteiger partial charge in [-0.25, -0.2) is 8.42 Å². The molecule has 3 rings (SSSR count). The van der Waals surface area contributed by atoms with Crippen LogP contribution in [0.1, 0.15) is 36.5 Å². The molecule has 0 aliphatic rings. The second kappa shape index (κ2) is 14.3. The number of rotatable bonds is 13. The van der Waals surface area contributed by atoms with Gasteiger partial charge in [0.05, 0.1) is 11.9 Å². The molecule has 9 heteroatoms. The average molecular weight is 615 g/mol. The molecular weight excluding hydrogens is 578 g/mol. The van der Waals surface area contributed by atoms with E-state index in [1.807, 2.05) is 68.4 Å². The lowest BCUT2D eigenvalue weighted by atomic mass is 10.0. The summed E-state index contributed by atoms with van der Waals surface area (Å²) in [4.78, 5) is 29.2. The van der Waals surface area contributed by atoms with Gasteiger partial charge in [-0.1, -0.05) is 85.6 Å². The van der Waals surface area contributed by atoms with E-state index in [0.717, 1.165) is 40.1 Å². The SMILES string of the molecule is CCCCNC(=O)[C@H](Cc1ccccc1)N(Cc1cccc(C)c1)C(=O)CN(c1ccccc1Br)S(C)(=O)=O. The van der Waals surface area contributed by atoms with Crippen molar-refractivity contribution in [3.05, 3.63) is 100 Å². The summed E-state index contributed by atoms with van der Waals surface area (Å²) in [6.07, 6.45) is 3.11. The van der Waals surface area contributed by atoms with E-state index < -0.39 is 28.5 Å². The normalized spacial score (nSPS) is 12.0. The number of hydrogen-bond donors (Lipinski definition) is 1. The first-order chi connectivity index (χ1) is 18.6. The molecule has 0 fully saturated rings. The third kappa shape index (κ3) is 8.93.